The molecule has 71 heavy (non-hydrogen) atoms. The van der Waals surface area contributed by atoms with E-state index in [-0.39, 0.29) is 35.3 Å². The van der Waals surface area contributed by atoms with Crippen molar-refractivity contribution in [1.29, 1.82) is 0 Å². The van der Waals surface area contributed by atoms with Crippen molar-refractivity contribution in [3.63, 3.8) is 0 Å². The topological polar surface area (TPSA) is 140 Å². The molecule has 2 unspecified atom stereocenters. The number of nitrogens with zero attached hydrogens (tertiary/aromatic N) is 4. The quantitative estimate of drug-likeness (QED) is 0.116. The van der Waals surface area contributed by atoms with Crippen LogP contribution in [0.4, 0.5) is 17.1 Å². The van der Waals surface area contributed by atoms with Gasteiger partial charge in [-0.3, -0.25) is 29.1 Å². The summed E-state index contributed by atoms with van der Waals surface area (Å²) >= 11 is 0. The molecule has 6 aromatic rings. The fraction of sp³-hybridized carbons (Fsp3) is 0.283. The van der Waals surface area contributed by atoms with Crippen LogP contribution in [0.25, 0.3) is 22.3 Å². The summed E-state index contributed by atoms with van der Waals surface area (Å²) in [6.45, 7) is 5.34. The van der Waals surface area contributed by atoms with Crippen LogP contribution in [-0.4, -0.2) is 90.2 Å². The van der Waals surface area contributed by atoms with Gasteiger partial charge >= 0.3 is 0 Å². The number of para-hydroxylation sites is 2. The van der Waals surface area contributed by atoms with Crippen LogP contribution in [0.3, 0.4) is 0 Å². The molecular weight excluding hydrogens is 883 g/mol. The molecule has 0 bridgehead atoms. The first-order valence-corrected chi connectivity index (χ1v) is 25.2. The molecule has 2 atom stereocenters. The second kappa shape index (κ2) is 21.7. The first kappa shape index (κ1) is 47.2. The van der Waals surface area contributed by atoms with Gasteiger partial charge in [0.1, 0.15) is 0 Å². The normalized spacial score (nSPS) is 17.8. The molecule has 2 saturated heterocycles. The van der Waals surface area contributed by atoms with E-state index in [9.17, 15) is 19.2 Å². The molecule has 6 aromatic carbocycles. The summed E-state index contributed by atoms with van der Waals surface area (Å²) in [6.07, 6.45) is 11.5. The van der Waals surface area contributed by atoms with Gasteiger partial charge in [0.2, 0.25) is 11.8 Å². The summed E-state index contributed by atoms with van der Waals surface area (Å²) in [5, 5.41) is 6.17. The third-order valence-electron chi connectivity index (χ3n) is 14.8. The molecule has 3 aliphatic heterocycles. The van der Waals surface area contributed by atoms with Crippen LogP contribution < -0.4 is 16.4 Å². The summed E-state index contributed by atoms with van der Waals surface area (Å²) in [7, 11) is 0. The Morgan fingerprint density at radius 3 is 2.20 bits per heavy atom. The molecule has 0 aromatic heterocycles. The monoisotopic (exact) mass is 943 g/mol. The van der Waals surface area contributed by atoms with E-state index in [1.807, 2.05) is 125 Å². The fourth-order valence-corrected chi connectivity index (χ4v) is 11.0. The lowest BCUT2D eigenvalue weighted by atomic mass is 9.69. The molecule has 11 nitrogen and oxygen atoms in total. The summed E-state index contributed by atoms with van der Waals surface area (Å²) in [5.74, 6) is -0.0649. The Kier molecular flexibility index (Phi) is 14.4. The molecule has 4 N–H and O–H groups in total. The molecule has 2 fully saturated rings. The minimum Gasteiger partial charge on any atom is -0.360 e. The van der Waals surface area contributed by atoms with Crippen molar-refractivity contribution >= 4 is 46.8 Å². The van der Waals surface area contributed by atoms with Gasteiger partial charge in [0, 0.05) is 81.5 Å². The molecular formula is C60H61N7O4. The zero-order chi connectivity index (χ0) is 48.7. The highest BCUT2D eigenvalue weighted by Crippen LogP contribution is 2.48. The number of rotatable bonds is 10. The highest BCUT2D eigenvalue weighted by Gasteiger charge is 2.36. The van der Waals surface area contributed by atoms with Gasteiger partial charge in [-0.2, -0.15) is 0 Å². The number of ketones is 1. The second-order valence-electron chi connectivity index (χ2n) is 19.2. The van der Waals surface area contributed by atoms with Gasteiger partial charge in [0.25, 0.3) is 5.91 Å². The minimum absolute atomic E-state index is 0.0579. The van der Waals surface area contributed by atoms with E-state index < -0.39 is 0 Å². The van der Waals surface area contributed by atoms with E-state index in [1.54, 1.807) is 6.21 Å². The lowest BCUT2D eigenvalue weighted by Crippen LogP contribution is -2.51. The number of hydrogen-bond acceptors (Lipinski definition) is 8. The van der Waals surface area contributed by atoms with Gasteiger partial charge < -0.3 is 26.2 Å². The fourth-order valence-electron chi connectivity index (χ4n) is 11.0. The maximum Gasteiger partial charge on any atom is 0.256 e. The van der Waals surface area contributed by atoms with Crippen molar-refractivity contribution < 1.29 is 19.2 Å². The third-order valence-corrected chi connectivity index (χ3v) is 14.8. The number of benzene rings is 6. The Morgan fingerprint density at radius 2 is 1.41 bits per heavy atom. The number of nitrogens with two attached hydrogens (primary N) is 1. The van der Waals surface area contributed by atoms with Gasteiger partial charge in [-0.25, -0.2) is 0 Å². The lowest BCUT2D eigenvalue weighted by Gasteiger charge is -2.37. The first-order valence-electron chi connectivity index (χ1n) is 25.2. The van der Waals surface area contributed by atoms with Crippen molar-refractivity contribution in [1.82, 2.24) is 14.7 Å². The number of carbonyl (C=O) groups excluding carboxylic acids is 4. The van der Waals surface area contributed by atoms with Crippen molar-refractivity contribution in [3.8, 4) is 22.3 Å². The average molecular weight is 944 g/mol. The highest BCUT2D eigenvalue weighted by atomic mass is 16.2. The summed E-state index contributed by atoms with van der Waals surface area (Å²) in [6, 6.07) is 43.5. The highest BCUT2D eigenvalue weighted by molar-refractivity contribution is 6.09. The molecule has 0 saturated carbocycles. The van der Waals surface area contributed by atoms with E-state index in [0.29, 0.717) is 55.8 Å². The summed E-state index contributed by atoms with van der Waals surface area (Å²) in [4.78, 5) is 65.3. The maximum atomic E-state index is 14.7. The summed E-state index contributed by atoms with van der Waals surface area (Å²) in [5.41, 5.74) is 19.4. The van der Waals surface area contributed by atoms with Crippen molar-refractivity contribution in [3.05, 3.63) is 185 Å². The predicted octanol–water partition coefficient (Wildman–Crippen LogP) is 10.2. The Balaban J connectivity index is 0.000000464. The van der Waals surface area contributed by atoms with Crippen molar-refractivity contribution in [2.75, 3.05) is 56.4 Å². The van der Waals surface area contributed by atoms with Crippen LogP contribution in [0.2, 0.25) is 0 Å². The van der Waals surface area contributed by atoms with Gasteiger partial charge in [-0.05, 0) is 143 Å². The number of Topliss-reactive ketones (excluding diaryl/α,β-unsaturated/α-hetero) is 1. The number of likely N-dealkylation sites (tertiary alicyclic amines) is 1. The van der Waals surface area contributed by atoms with E-state index in [4.69, 9.17) is 5.73 Å². The Morgan fingerprint density at radius 1 is 0.690 bits per heavy atom. The summed E-state index contributed by atoms with van der Waals surface area (Å²) < 4.78 is 0. The third kappa shape index (κ3) is 10.5. The number of allylic oxidation sites excluding steroid dienone is 1. The predicted molar refractivity (Wildman–Crippen MR) is 283 cm³/mol. The number of fused-ring (bicyclic) bond motifs is 6. The van der Waals surface area contributed by atoms with Gasteiger partial charge in [0.15, 0.2) is 5.78 Å². The Bertz CT molecular complexity index is 2980. The number of amides is 3. The van der Waals surface area contributed by atoms with Crippen LogP contribution in [-0.2, 0) is 29.0 Å². The number of aliphatic imine (C=N–C) groups is 1. The standard InChI is InChI=1S/C51H53N5O4.C9H8N2/c52-32-34-14-16-35(17-15-34)40-10-3-4-12-45(40)51(60)53-39-20-18-36(19-21-39)50(59)46-30-37-8-1-2-11-41(37)44-23-22-42-38(9-7-13-43(42)49(44)46)31-47(57)56-28-26-54(27-29-56)33-48(58)55-24-5-6-25-55;1-2-5-9-8(4-1)10-6-3-7-11-9/h1-4,8,10-12,14-23,38,46H,5-7,9,13,24-33,52H2,(H,53,60);1-7,10H. The van der Waals surface area contributed by atoms with Crippen LogP contribution in [0.1, 0.15) is 92.5 Å². The van der Waals surface area contributed by atoms with E-state index >= 15 is 0 Å². The maximum absolute atomic E-state index is 14.7. The Labute approximate surface area is 416 Å². The average Bonchev–Trinajstić information content (AvgIpc) is 3.87. The molecule has 11 rings (SSSR count). The zero-order valence-corrected chi connectivity index (χ0v) is 40.2. The smallest absolute Gasteiger partial charge is 0.256 e. The van der Waals surface area contributed by atoms with Gasteiger partial charge in [0.05, 0.1) is 23.8 Å². The molecule has 3 heterocycles. The number of piperazine rings is 1. The minimum atomic E-state index is -0.367. The SMILES string of the molecule is C1=CNc2ccccc2N=C1.NCc1ccc(-c2ccccc2C(=O)Nc2ccc(C(=O)C3Cc4ccccc4-c4ccc5c(c43)CCCC5CC(=O)N3CCN(CC(=O)N4CCCC4)CC3)cc2)cc1. The molecule has 5 aliphatic rings. The van der Waals surface area contributed by atoms with Crippen LogP contribution in [0.5, 0.6) is 0 Å². The van der Waals surface area contributed by atoms with E-state index in [2.05, 4.69) is 50.9 Å². The second-order valence-corrected chi connectivity index (χ2v) is 19.2. The number of carbonyl (C=O) groups is 4. The van der Waals surface area contributed by atoms with Crippen LogP contribution >= 0.6 is 0 Å². The molecule has 0 spiro atoms. The zero-order valence-electron chi connectivity index (χ0n) is 40.2. The Hall–Kier alpha value is -7.47. The first-order chi connectivity index (χ1) is 34.8. The lowest BCUT2D eigenvalue weighted by molar-refractivity contribution is -0.135. The largest absolute Gasteiger partial charge is 0.360 e. The van der Waals surface area contributed by atoms with Gasteiger partial charge in [-0.1, -0.05) is 91.0 Å². The van der Waals surface area contributed by atoms with Crippen molar-refractivity contribution in [2.24, 2.45) is 10.7 Å². The van der Waals surface area contributed by atoms with Gasteiger partial charge in [-0.15, -0.1) is 0 Å². The van der Waals surface area contributed by atoms with Crippen LogP contribution in [0.15, 0.2) is 151 Å². The number of anilines is 2. The van der Waals surface area contributed by atoms with Crippen molar-refractivity contribution in [2.45, 2.75) is 63.3 Å². The molecule has 360 valence electrons. The number of nitrogens with one attached hydrogen (secondary N) is 2. The molecule has 2 aliphatic carbocycles. The molecule has 0 radical (unpaired) electrons. The molecule has 3 amide bonds. The van der Waals surface area contributed by atoms with E-state index in [1.165, 1.54) is 16.7 Å². The van der Waals surface area contributed by atoms with E-state index in [0.717, 1.165) is 103 Å². The number of hydrogen-bond donors (Lipinski definition) is 3. The molecule has 11 heteroatoms. The van der Waals surface area contributed by atoms with Crippen LogP contribution in [0, 0.1) is 0 Å².